The van der Waals surface area contributed by atoms with Crippen LogP contribution in [0.1, 0.15) is 28.2 Å². The molecule has 20 heavy (non-hydrogen) atoms. The molecule has 1 N–H and O–H groups in total. The van der Waals surface area contributed by atoms with Crippen LogP contribution in [0.3, 0.4) is 0 Å². The lowest BCUT2D eigenvalue weighted by Gasteiger charge is -2.30. The lowest BCUT2D eigenvalue weighted by atomic mass is 9.85. The maximum Gasteiger partial charge on any atom is 0.416 e. The van der Waals surface area contributed by atoms with Crippen LogP contribution in [0.15, 0.2) is 18.7 Å². The molecule has 0 bridgehead atoms. The van der Waals surface area contributed by atoms with Gasteiger partial charge < -0.3 is 10.1 Å². The molecule has 0 spiro atoms. The van der Waals surface area contributed by atoms with Crippen molar-refractivity contribution in [1.82, 2.24) is 5.32 Å². The Morgan fingerprint density at radius 3 is 2.70 bits per heavy atom. The minimum atomic E-state index is -4.36. The minimum Gasteiger partial charge on any atom is -0.372 e. The van der Waals surface area contributed by atoms with Crippen LogP contribution in [0.4, 0.5) is 13.2 Å². The van der Waals surface area contributed by atoms with Gasteiger partial charge >= 0.3 is 6.18 Å². The van der Waals surface area contributed by atoms with Gasteiger partial charge in [-0.3, -0.25) is 0 Å². The molecular formula is C14H15ClF3NO. The Bertz CT molecular complexity index is 530. The van der Waals surface area contributed by atoms with Crippen molar-refractivity contribution < 1.29 is 17.9 Å². The van der Waals surface area contributed by atoms with E-state index in [1.165, 1.54) is 6.08 Å². The topological polar surface area (TPSA) is 21.3 Å². The van der Waals surface area contributed by atoms with Gasteiger partial charge in [0.05, 0.1) is 18.3 Å². The highest BCUT2D eigenvalue weighted by Crippen LogP contribution is 2.41. The summed E-state index contributed by atoms with van der Waals surface area (Å²) in [5.41, 5.74) is 0.956. The summed E-state index contributed by atoms with van der Waals surface area (Å²) in [6.07, 6.45) is -2.91. The fourth-order valence-electron chi connectivity index (χ4n) is 2.91. The molecule has 6 heteroatoms. The number of halogens is 4. The van der Waals surface area contributed by atoms with Gasteiger partial charge in [-0.05, 0) is 22.8 Å². The highest BCUT2D eigenvalue weighted by molar-refractivity contribution is 5.85. The molecule has 3 rings (SSSR count). The second-order valence-electron chi connectivity index (χ2n) is 4.95. The Morgan fingerprint density at radius 1 is 1.30 bits per heavy atom. The van der Waals surface area contributed by atoms with E-state index in [2.05, 4.69) is 11.9 Å². The predicted octanol–water partition coefficient (Wildman–Crippen LogP) is 3.36. The molecule has 2 nitrogen and oxygen atoms in total. The van der Waals surface area contributed by atoms with Crippen molar-refractivity contribution in [3.63, 3.8) is 0 Å². The normalized spacial score (nSPS) is 24.6. The molecule has 2 heterocycles. The number of fused-ring (bicyclic) bond motifs is 3. The maximum absolute atomic E-state index is 13.1. The van der Waals surface area contributed by atoms with Gasteiger partial charge in [0.15, 0.2) is 0 Å². The highest BCUT2D eigenvalue weighted by atomic mass is 35.5. The fourth-order valence-corrected chi connectivity index (χ4v) is 2.91. The first-order valence-electron chi connectivity index (χ1n) is 6.19. The zero-order valence-electron chi connectivity index (χ0n) is 10.7. The van der Waals surface area contributed by atoms with E-state index in [1.807, 2.05) is 6.07 Å². The van der Waals surface area contributed by atoms with Crippen LogP contribution in [0.5, 0.6) is 0 Å². The van der Waals surface area contributed by atoms with Gasteiger partial charge in [0.2, 0.25) is 0 Å². The molecule has 110 valence electrons. The number of nitrogens with one attached hydrogen (secondary N) is 1. The molecule has 2 aliphatic heterocycles. The number of hydrogen-bond donors (Lipinski definition) is 1. The minimum absolute atomic E-state index is 0. The van der Waals surface area contributed by atoms with Gasteiger partial charge in [0, 0.05) is 19.0 Å². The summed E-state index contributed by atoms with van der Waals surface area (Å²) in [7, 11) is 0. The lowest BCUT2D eigenvalue weighted by Crippen LogP contribution is -2.29. The Kier molecular flexibility index (Phi) is 4.14. The van der Waals surface area contributed by atoms with Gasteiger partial charge in [0.25, 0.3) is 0 Å². The molecule has 0 saturated carbocycles. The van der Waals surface area contributed by atoms with Crippen molar-refractivity contribution in [2.75, 3.05) is 13.1 Å². The molecule has 1 saturated heterocycles. The summed E-state index contributed by atoms with van der Waals surface area (Å²) < 4.78 is 44.9. The van der Waals surface area contributed by atoms with Crippen molar-refractivity contribution in [3.05, 3.63) is 41.0 Å². The summed E-state index contributed by atoms with van der Waals surface area (Å²) in [5, 5.41) is 3.17. The van der Waals surface area contributed by atoms with E-state index in [1.54, 1.807) is 0 Å². The first kappa shape index (κ1) is 15.4. The summed E-state index contributed by atoms with van der Waals surface area (Å²) in [6, 6.07) is 2.96. The highest BCUT2D eigenvalue weighted by Gasteiger charge is 2.41. The molecule has 0 radical (unpaired) electrons. The number of ether oxygens (including phenoxy) is 1. The molecule has 1 aromatic carbocycles. The summed E-state index contributed by atoms with van der Waals surface area (Å²) in [4.78, 5) is 0. The molecule has 2 aliphatic rings. The van der Waals surface area contributed by atoms with Gasteiger partial charge in [0.1, 0.15) is 0 Å². The number of hydrogen-bond acceptors (Lipinski definition) is 2. The molecule has 0 amide bonds. The molecule has 1 fully saturated rings. The zero-order chi connectivity index (χ0) is 13.6. The first-order valence-corrected chi connectivity index (χ1v) is 6.19. The van der Waals surface area contributed by atoms with Gasteiger partial charge in [-0.2, -0.15) is 13.2 Å². The molecule has 0 aromatic heterocycles. The SMILES string of the molecule is C=Cc1cc2c(c(C(F)(F)F)c1)CO[C@@H]1CNC[C@H]21.Cl. The largest absolute Gasteiger partial charge is 0.416 e. The van der Waals surface area contributed by atoms with Crippen molar-refractivity contribution in [2.45, 2.75) is 24.8 Å². The van der Waals surface area contributed by atoms with Crippen LogP contribution >= 0.6 is 12.4 Å². The number of benzene rings is 1. The van der Waals surface area contributed by atoms with Gasteiger partial charge in [-0.1, -0.05) is 18.7 Å². The van der Waals surface area contributed by atoms with Crippen LogP contribution in [0.2, 0.25) is 0 Å². The summed E-state index contributed by atoms with van der Waals surface area (Å²) in [5.74, 6) is 0.00440. The quantitative estimate of drug-likeness (QED) is 0.859. The Balaban J connectivity index is 0.00000147. The number of alkyl halides is 3. The van der Waals surface area contributed by atoms with Crippen LogP contribution in [-0.2, 0) is 17.5 Å². The van der Waals surface area contributed by atoms with E-state index in [-0.39, 0.29) is 36.6 Å². The maximum atomic E-state index is 13.1. The van der Waals surface area contributed by atoms with Crippen molar-refractivity contribution >= 4 is 18.5 Å². The number of rotatable bonds is 1. The second kappa shape index (κ2) is 5.39. The average Bonchev–Trinajstić information content (AvgIpc) is 2.84. The molecule has 0 aliphatic carbocycles. The molecule has 2 atom stereocenters. The van der Waals surface area contributed by atoms with E-state index >= 15 is 0 Å². The predicted molar refractivity (Wildman–Crippen MR) is 73.0 cm³/mol. The van der Waals surface area contributed by atoms with E-state index in [0.717, 1.165) is 11.6 Å². The van der Waals surface area contributed by atoms with E-state index in [0.29, 0.717) is 18.7 Å². The van der Waals surface area contributed by atoms with Crippen LogP contribution < -0.4 is 5.32 Å². The standard InChI is InChI=1S/C14H14F3NO.ClH/c1-2-8-3-9-10-5-18-6-13(10)19-7-11(9)12(4-8)14(15,16)17;/h2-4,10,13,18H,1,5-7H2;1H/t10-,13-;/m1./s1. The third-order valence-electron chi connectivity index (χ3n) is 3.85. The third kappa shape index (κ3) is 2.45. The second-order valence-corrected chi connectivity index (χ2v) is 4.95. The monoisotopic (exact) mass is 305 g/mol. The average molecular weight is 306 g/mol. The van der Waals surface area contributed by atoms with Gasteiger partial charge in [-0.25, -0.2) is 0 Å². The van der Waals surface area contributed by atoms with Crippen LogP contribution in [-0.4, -0.2) is 19.2 Å². The van der Waals surface area contributed by atoms with E-state index in [9.17, 15) is 13.2 Å². The first-order chi connectivity index (χ1) is 9.00. The fraction of sp³-hybridized carbons (Fsp3) is 0.429. The van der Waals surface area contributed by atoms with Crippen molar-refractivity contribution in [1.29, 1.82) is 0 Å². The van der Waals surface area contributed by atoms with E-state index < -0.39 is 11.7 Å². The smallest absolute Gasteiger partial charge is 0.372 e. The Labute approximate surface area is 121 Å². The van der Waals surface area contributed by atoms with Crippen molar-refractivity contribution in [3.8, 4) is 0 Å². The van der Waals surface area contributed by atoms with Crippen molar-refractivity contribution in [2.24, 2.45) is 0 Å². The van der Waals surface area contributed by atoms with E-state index in [4.69, 9.17) is 4.74 Å². The molecule has 0 unspecified atom stereocenters. The Morgan fingerprint density at radius 2 is 2.05 bits per heavy atom. The molecular weight excluding hydrogens is 291 g/mol. The van der Waals surface area contributed by atoms with Gasteiger partial charge in [-0.15, -0.1) is 12.4 Å². The lowest BCUT2D eigenvalue weighted by molar-refractivity contribution is -0.139. The Hall–Kier alpha value is -1.04. The summed E-state index contributed by atoms with van der Waals surface area (Å²) in [6.45, 7) is 4.97. The molecule has 1 aromatic rings. The zero-order valence-corrected chi connectivity index (χ0v) is 11.5. The van der Waals surface area contributed by atoms with Crippen LogP contribution in [0.25, 0.3) is 6.08 Å². The van der Waals surface area contributed by atoms with Crippen LogP contribution in [0, 0.1) is 0 Å². The summed E-state index contributed by atoms with van der Waals surface area (Å²) >= 11 is 0. The third-order valence-corrected chi connectivity index (χ3v) is 3.85.